The zero-order valence-corrected chi connectivity index (χ0v) is 12.9. The van der Waals surface area contributed by atoms with E-state index in [2.05, 4.69) is 4.98 Å². The summed E-state index contributed by atoms with van der Waals surface area (Å²) < 4.78 is 13.9. The monoisotopic (exact) mass is 326 g/mol. The number of rotatable bonds is 4. The molecule has 0 spiro atoms. The maximum Gasteiger partial charge on any atom is 0.200 e. The molecule has 2 atom stereocenters. The summed E-state index contributed by atoms with van der Waals surface area (Å²) in [6, 6.07) is 5.20. The molecule has 1 fully saturated rings. The Morgan fingerprint density at radius 3 is 3.00 bits per heavy atom. The highest BCUT2D eigenvalue weighted by atomic mass is 35.5. The lowest BCUT2D eigenvalue weighted by molar-refractivity contribution is -0.151. The van der Waals surface area contributed by atoms with Crippen molar-refractivity contribution in [1.82, 2.24) is 9.55 Å². The van der Waals surface area contributed by atoms with E-state index in [1.807, 2.05) is 10.8 Å². The zero-order valence-electron chi connectivity index (χ0n) is 11.4. The number of hydrogen-bond acceptors (Lipinski definition) is 3. The van der Waals surface area contributed by atoms with Gasteiger partial charge in [-0.25, -0.2) is 4.98 Å². The highest BCUT2D eigenvalue weighted by Gasteiger charge is 2.24. The molecule has 3 rings (SSSR count). The van der Waals surface area contributed by atoms with Crippen molar-refractivity contribution in [2.75, 3.05) is 0 Å². The van der Waals surface area contributed by atoms with Crippen LogP contribution in [0.25, 0.3) is 0 Å². The van der Waals surface area contributed by atoms with E-state index < -0.39 is 0 Å². The molecule has 0 amide bonds. The van der Waals surface area contributed by atoms with Gasteiger partial charge < -0.3 is 14.0 Å². The van der Waals surface area contributed by atoms with Crippen LogP contribution in [0.4, 0.5) is 0 Å². The molecule has 21 heavy (non-hydrogen) atoms. The van der Waals surface area contributed by atoms with E-state index in [1.54, 1.807) is 30.7 Å². The van der Waals surface area contributed by atoms with E-state index >= 15 is 0 Å². The topological polar surface area (TPSA) is 36.3 Å². The average Bonchev–Trinajstić information content (AvgIpc) is 2.95. The fraction of sp³-hybridized carbons (Fsp3) is 0.400. The molecule has 2 aromatic rings. The molecule has 2 unspecified atom stereocenters. The van der Waals surface area contributed by atoms with Crippen LogP contribution in [0, 0.1) is 0 Å². The van der Waals surface area contributed by atoms with Crippen LogP contribution in [0.5, 0.6) is 5.75 Å². The highest BCUT2D eigenvalue weighted by Crippen LogP contribution is 2.31. The van der Waals surface area contributed by atoms with Crippen LogP contribution >= 0.6 is 23.2 Å². The minimum absolute atomic E-state index is 0.129. The maximum absolute atomic E-state index is 6.12. The lowest BCUT2D eigenvalue weighted by atomic mass is 10.1. The minimum Gasteiger partial charge on any atom is -0.463 e. The summed E-state index contributed by atoms with van der Waals surface area (Å²) in [6.45, 7) is 0.786. The second-order valence-corrected chi connectivity index (χ2v) is 5.91. The van der Waals surface area contributed by atoms with Crippen LogP contribution in [-0.2, 0) is 11.3 Å². The van der Waals surface area contributed by atoms with Crippen molar-refractivity contribution in [2.45, 2.75) is 38.2 Å². The molecule has 1 aromatic heterocycles. The fourth-order valence-electron chi connectivity index (χ4n) is 2.43. The largest absolute Gasteiger partial charge is 0.463 e. The van der Waals surface area contributed by atoms with Gasteiger partial charge >= 0.3 is 0 Å². The second kappa shape index (κ2) is 6.69. The number of imidazole rings is 1. The van der Waals surface area contributed by atoms with Crippen molar-refractivity contribution in [3.05, 3.63) is 47.0 Å². The van der Waals surface area contributed by atoms with Gasteiger partial charge in [-0.1, -0.05) is 23.2 Å². The Morgan fingerprint density at radius 1 is 1.33 bits per heavy atom. The molecule has 4 nitrogen and oxygen atoms in total. The highest BCUT2D eigenvalue weighted by molar-refractivity contribution is 6.35. The quantitative estimate of drug-likeness (QED) is 0.846. The zero-order chi connectivity index (χ0) is 14.7. The molecule has 1 aliphatic heterocycles. The Bertz CT molecular complexity index is 589. The van der Waals surface area contributed by atoms with Gasteiger partial charge in [0.25, 0.3) is 0 Å². The molecular formula is C15H16Cl2N2O2. The first-order valence-electron chi connectivity index (χ1n) is 6.93. The minimum atomic E-state index is -0.272. The van der Waals surface area contributed by atoms with Gasteiger partial charge in [-0.3, -0.25) is 0 Å². The molecule has 0 radical (unpaired) electrons. The molecule has 1 aromatic carbocycles. The molecule has 0 saturated carbocycles. The number of nitrogens with zero attached hydrogens (tertiary/aromatic N) is 2. The van der Waals surface area contributed by atoms with Crippen molar-refractivity contribution in [3.8, 4) is 5.75 Å². The first-order chi connectivity index (χ1) is 10.2. The van der Waals surface area contributed by atoms with Crippen LogP contribution in [0.3, 0.4) is 0 Å². The third-order valence-corrected chi connectivity index (χ3v) is 3.97. The molecule has 2 heterocycles. The standard InChI is InChI=1S/C15H16Cl2N2O2/c16-11-4-5-14(13(17)8-11)21-15-3-1-2-12(20-15)9-19-7-6-18-10-19/h4-8,10,12,15H,1-3,9H2. The Balaban J connectivity index is 1.60. The van der Waals surface area contributed by atoms with Crippen molar-refractivity contribution in [3.63, 3.8) is 0 Å². The SMILES string of the molecule is Clc1ccc(OC2CCCC(Cn3ccnc3)O2)c(Cl)c1. The average molecular weight is 327 g/mol. The molecule has 6 heteroatoms. The van der Waals surface area contributed by atoms with Gasteiger partial charge in [0, 0.05) is 30.4 Å². The summed E-state index contributed by atoms with van der Waals surface area (Å²) in [4.78, 5) is 4.04. The van der Waals surface area contributed by atoms with Gasteiger partial charge in [0.2, 0.25) is 0 Å². The number of halogens is 2. The third kappa shape index (κ3) is 3.90. The van der Waals surface area contributed by atoms with E-state index in [0.29, 0.717) is 15.8 Å². The number of benzene rings is 1. The molecule has 0 bridgehead atoms. The lowest BCUT2D eigenvalue weighted by Crippen LogP contribution is -2.34. The Hall–Kier alpha value is -1.23. The van der Waals surface area contributed by atoms with E-state index in [0.717, 1.165) is 25.8 Å². The van der Waals surface area contributed by atoms with Gasteiger partial charge in [-0.15, -0.1) is 0 Å². The first-order valence-corrected chi connectivity index (χ1v) is 7.69. The normalized spacial score (nSPS) is 22.2. The smallest absolute Gasteiger partial charge is 0.200 e. The van der Waals surface area contributed by atoms with Crippen molar-refractivity contribution in [2.24, 2.45) is 0 Å². The summed E-state index contributed by atoms with van der Waals surface area (Å²) >= 11 is 12.0. The summed E-state index contributed by atoms with van der Waals surface area (Å²) in [5, 5.41) is 1.10. The molecule has 1 saturated heterocycles. The van der Waals surface area contributed by atoms with E-state index in [1.165, 1.54) is 0 Å². The Kier molecular flexibility index (Phi) is 4.68. The van der Waals surface area contributed by atoms with Crippen LogP contribution in [0.15, 0.2) is 36.9 Å². The molecule has 112 valence electrons. The molecule has 0 N–H and O–H groups in total. The third-order valence-electron chi connectivity index (χ3n) is 3.44. The van der Waals surface area contributed by atoms with Crippen LogP contribution in [-0.4, -0.2) is 21.9 Å². The number of hydrogen-bond donors (Lipinski definition) is 0. The summed E-state index contributed by atoms with van der Waals surface area (Å²) in [5.74, 6) is 0.606. The Labute approximate surface area is 133 Å². The molecule has 0 aliphatic carbocycles. The van der Waals surface area contributed by atoms with Gasteiger partial charge in [0.05, 0.1) is 17.5 Å². The summed E-state index contributed by atoms with van der Waals surface area (Å²) in [7, 11) is 0. The number of aromatic nitrogens is 2. The predicted molar refractivity (Wildman–Crippen MR) is 81.8 cm³/mol. The van der Waals surface area contributed by atoms with Gasteiger partial charge in [-0.05, 0) is 31.0 Å². The predicted octanol–water partition coefficient (Wildman–Crippen LogP) is 4.16. The van der Waals surface area contributed by atoms with Crippen molar-refractivity contribution >= 4 is 23.2 Å². The molecular weight excluding hydrogens is 311 g/mol. The lowest BCUT2D eigenvalue weighted by Gasteiger charge is -2.30. The summed E-state index contributed by atoms with van der Waals surface area (Å²) in [5.41, 5.74) is 0. The van der Waals surface area contributed by atoms with Crippen molar-refractivity contribution in [1.29, 1.82) is 0 Å². The van der Waals surface area contributed by atoms with Gasteiger partial charge in [-0.2, -0.15) is 0 Å². The van der Waals surface area contributed by atoms with Crippen LogP contribution in [0.2, 0.25) is 10.0 Å². The second-order valence-electron chi connectivity index (χ2n) is 5.07. The maximum atomic E-state index is 6.12. The van der Waals surface area contributed by atoms with E-state index in [-0.39, 0.29) is 12.4 Å². The van der Waals surface area contributed by atoms with Gasteiger partial charge in [0.15, 0.2) is 6.29 Å². The first kappa shape index (κ1) is 14.7. The number of ether oxygens (including phenoxy) is 2. The van der Waals surface area contributed by atoms with E-state index in [9.17, 15) is 0 Å². The van der Waals surface area contributed by atoms with Crippen LogP contribution < -0.4 is 4.74 Å². The van der Waals surface area contributed by atoms with Crippen LogP contribution in [0.1, 0.15) is 19.3 Å². The van der Waals surface area contributed by atoms with Gasteiger partial charge in [0.1, 0.15) is 5.75 Å². The Morgan fingerprint density at radius 2 is 2.24 bits per heavy atom. The van der Waals surface area contributed by atoms with E-state index in [4.69, 9.17) is 32.7 Å². The van der Waals surface area contributed by atoms with Crippen molar-refractivity contribution < 1.29 is 9.47 Å². The summed E-state index contributed by atoms with van der Waals surface area (Å²) in [6.07, 6.45) is 8.30. The molecule has 1 aliphatic rings. The fourth-order valence-corrected chi connectivity index (χ4v) is 2.88.